The Balaban J connectivity index is 1.68. The van der Waals surface area contributed by atoms with Gasteiger partial charge in [0.2, 0.25) is 0 Å². The number of alkyl halides is 3. The molecule has 1 saturated carbocycles. The zero-order chi connectivity index (χ0) is 25.2. The first kappa shape index (κ1) is 24.2. The number of aryl methyl sites for hydroxylation is 1. The summed E-state index contributed by atoms with van der Waals surface area (Å²) < 4.78 is 39.5. The minimum atomic E-state index is -4.32. The molecule has 0 atom stereocenters. The highest BCUT2D eigenvalue weighted by Gasteiger charge is 2.45. The zero-order valence-corrected chi connectivity index (χ0v) is 18.9. The molecule has 1 fully saturated rings. The number of hydrogen-bond donors (Lipinski definition) is 2. The summed E-state index contributed by atoms with van der Waals surface area (Å²) >= 11 is 0. The highest BCUT2D eigenvalue weighted by Crippen LogP contribution is 2.48. The number of carbonyl (C=O) groups is 1. The van der Waals surface area contributed by atoms with Gasteiger partial charge >= 0.3 is 6.18 Å². The van der Waals surface area contributed by atoms with Gasteiger partial charge in [-0.15, -0.1) is 0 Å². The molecular formula is C25H22F3N5O2. The predicted octanol–water partition coefficient (Wildman–Crippen LogP) is 4.29. The third kappa shape index (κ3) is 5.44. The molecule has 1 aromatic carbocycles. The Bertz CT molecular complexity index is 1390. The van der Waals surface area contributed by atoms with Gasteiger partial charge in [-0.3, -0.25) is 9.20 Å². The van der Waals surface area contributed by atoms with Crippen molar-refractivity contribution in [2.24, 2.45) is 5.41 Å². The highest BCUT2D eigenvalue weighted by atomic mass is 19.4. The lowest BCUT2D eigenvalue weighted by atomic mass is 9.93. The van der Waals surface area contributed by atoms with Crippen LogP contribution in [-0.4, -0.2) is 44.6 Å². The maximum atomic E-state index is 12.7. The maximum absolute atomic E-state index is 12.7. The molecule has 2 heterocycles. The number of imidazole rings is 1. The number of ketones is 1. The predicted molar refractivity (Wildman–Crippen MR) is 123 cm³/mol. The third-order valence-corrected chi connectivity index (χ3v) is 5.90. The third-order valence-electron chi connectivity index (χ3n) is 5.90. The summed E-state index contributed by atoms with van der Waals surface area (Å²) in [5.74, 6) is 5.23. The number of hydrogen-bond acceptors (Lipinski definition) is 6. The molecule has 0 saturated heterocycles. The second-order valence-electron chi connectivity index (χ2n) is 8.59. The van der Waals surface area contributed by atoms with Crippen molar-refractivity contribution in [3.05, 3.63) is 47.4 Å². The monoisotopic (exact) mass is 481 g/mol. The van der Waals surface area contributed by atoms with Gasteiger partial charge in [0, 0.05) is 30.3 Å². The van der Waals surface area contributed by atoms with E-state index in [1.165, 1.54) is 0 Å². The average Bonchev–Trinajstić information content (AvgIpc) is 3.44. The van der Waals surface area contributed by atoms with Gasteiger partial charge in [-0.1, -0.05) is 18.1 Å². The van der Waals surface area contributed by atoms with Crippen LogP contribution in [-0.2, 0) is 0 Å². The molecule has 0 spiro atoms. The number of benzene rings is 1. The summed E-state index contributed by atoms with van der Waals surface area (Å²) in [6.07, 6.45) is -0.519. The van der Waals surface area contributed by atoms with Crippen LogP contribution in [0.4, 0.5) is 19.0 Å². The molecule has 0 bridgehead atoms. The number of aliphatic hydroxyl groups excluding tert-OH is 1. The molecule has 2 aromatic heterocycles. The van der Waals surface area contributed by atoms with E-state index in [0.29, 0.717) is 16.9 Å². The van der Waals surface area contributed by atoms with E-state index in [0.717, 1.165) is 24.0 Å². The Hall–Kier alpha value is -3.89. The van der Waals surface area contributed by atoms with Gasteiger partial charge in [-0.25, -0.2) is 9.97 Å². The quantitative estimate of drug-likeness (QED) is 0.386. The lowest BCUT2D eigenvalue weighted by Crippen LogP contribution is -2.16. The van der Waals surface area contributed by atoms with E-state index in [4.69, 9.17) is 5.11 Å². The lowest BCUT2D eigenvalue weighted by molar-refractivity contribution is -0.131. The Morgan fingerprint density at radius 1 is 1.34 bits per heavy atom. The van der Waals surface area contributed by atoms with Gasteiger partial charge in [0.1, 0.15) is 12.3 Å². The van der Waals surface area contributed by atoms with E-state index < -0.39 is 24.6 Å². The van der Waals surface area contributed by atoms with Gasteiger partial charge in [0.25, 0.3) is 0 Å². The van der Waals surface area contributed by atoms with Gasteiger partial charge < -0.3 is 10.4 Å². The van der Waals surface area contributed by atoms with E-state index in [1.807, 2.05) is 13.0 Å². The first-order valence-electron chi connectivity index (χ1n) is 11.0. The molecule has 3 aromatic rings. The van der Waals surface area contributed by atoms with Gasteiger partial charge in [-0.2, -0.15) is 18.4 Å². The van der Waals surface area contributed by atoms with Gasteiger partial charge in [-0.05, 0) is 37.3 Å². The second-order valence-corrected chi connectivity index (χ2v) is 8.59. The van der Waals surface area contributed by atoms with Crippen molar-refractivity contribution < 1.29 is 23.1 Å². The number of fused-ring (bicyclic) bond motifs is 1. The van der Waals surface area contributed by atoms with Gasteiger partial charge in [0.15, 0.2) is 17.2 Å². The Kier molecular flexibility index (Phi) is 6.51. The SMILES string of the molecule is Cc1cc(-c2cnc3c(NCCC(F)(F)F)nc(C#CCO)cn23)ccc1C(=O)CC1(C#N)CC1. The Morgan fingerprint density at radius 3 is 2.74 bits per heavy atom. The maximum Gasteiger partial charge on any atom is 0.390 e. The molecule has 35 heavy (non-hydrogen) atoms. The molecule has 0 radical (unpaired) electrons. The van der Waals surface area contributed by atoms with Crippen molar-refractivity contribution in [2.75, 3.05) is 18.5 Å². The molecule has 7 nitrogen and oxygen atoms in total. The second kappa shape index (κ2) is 9.40. The highest BCUT2D eigenvalue weighted by molar-refractivity contribution is 5.98. The lowest BCUT2D eigenvalue weighted by Gasteiger charge is -2.12. The normalized spacial score (nSPS) is 14.2. The molecular weight excluding hydrogens is 459 g/mol. The fraction of sp³-hybridized carbons (Fsp3) is 0.360. The summed E-state index contributed by atoms with van der Waals surface area (Å²) in [4.78, 5) is 21.3. The number of halogens is 3. The van der Waals surface area contributed by atoms with Crippen molar-refractivity contribution in [1.29, 1.82) is 5.26 Å². The summed E-state index contributed by atoms with van der Waals surface area (Å²) in [6.45, 7) is 1.04. The van der Waals surface area contributed by atoms with Crippen LogP contribution < -0.4 is 5.32 Å². The number of nitrogens with zero attached hydrogens (tertiary/aromatic N) is 4. The van der Waals surface area contributed by atoms with E-state index in [-0.39, 0.29) is 30.3 Å². The Morgan fingerprint density at radius 2 is 2.11 bits per heavy atom. The number of aliphatic hydroxyl groups is 1. The summed E-state index contributed by atoms with van der Waals surface area (Å²) in [5, 5.41) is 21.0. The first-order valence-corrected chi connectivity index (χ1v) is 11.0. The van der Waals surface area contributed by atoms with Gasteiger partial charge in [0.05, 0.1) is 29.8 Å². The molecule has 0 unspecified atom stereocenters. The standard InChI is InChI=1S/C25H22F3N5O2/c1-16-11-17(4-5-19(16)21(35)12-24(15-29)6-7-24)20-13-31-23-22(30-9-8-25(26,27)28)32-18(3-2-10-34)14-33(20)23/h4-5,11,13-14,34H,6-10,12H2,1H3,(H,30,32). The fourth-order valence-electron chi connectivity index (χ4n) is 3.85. The summed E-state index contributed by atoms with van der Waals surface area (Å²) in [6, 6.07) is 7.56. The van der Waals surface area contributed by atoms with Crippen LogP contribution in [0.3, 0.4) is 0 Å². The van der Waals surface area contributed by atoms with Crippen LogP contribution in [0.1, 0.15) is 47.3 Å². The molecule has 1 aliphatic carbocycles. The van der Waals surface area contributed by atoms with Crippen molar-refractivity contribution in [3.63, 3.8) is 0 Å². The van der Waals surface area contributed by atoms with Crippen LogP contribution in [0, 0.1) is 35.5 Å². The number of nitriles is 1. The molecule has 2 N–H and O–H groups in total. The van der Waals surface area contributed by atoms with Crippen LogP contribution >= 0.6 is 0 Å². The molecule has 4 rings (SSSR count). The molecule has 10 heteroatoms. The molecule has 0 aliphatic heterocycles. The minimum Gasteiger partial charge on any atom is -0.384 e. The van der Waals surface area contributed by atoms with Crippen molar-refractivity contribution >= 4 is 17.2 Å². The number of anilines is 1. The number of aromatic nitrogens is 3. The largest absolute Gasteiger partial charge is 0.390 e. The van der Waals surface area contributed by atoms with Crippen molar-refractivity contribution in [2.45, 2.75) is 38.8 Å². The van der Waals surface area contributed by atoms with Crippen LogP contribution in [0.25, 0.3) is 16.9 Å². The number of carbonyl (C=O) groups excluding carboxylic acids is 1. The molecule has 0 amide bonds. The first-order chi connectivity index (χ1) is 16.6. The van der Waals surface area contributed by atoms with E-state index in [1.54, 1.807) is 28.9 Å². The van der Waals surface area contributed by atoms with Crippen LogP contribution in [0.2, 0.25) is 0 Å². The minimum absolute atomic E-state index is 0.0758. The topological polar surface area (TPSA) is 103 Å². The molecule has 1 aliphatic rings. The zero-order valence-electron chi connectivity index (χ0n) is 18.9. The number of Topliss-reactive ketones (excluding diaryl/α,β-unsaturated/α-hetero) is 1. The van der Waals surface area contributed by atoms with E-state index in [2.05, 4.69) is 33.2 Å². The van der Waals surface area contributed by atoms with Crippen LogP contribution in [0.5, 0.6) is 0 Å². The molecule has 180 valence electrons. The van der Waals surface area contributed by atoms with Crippen molar-refractivity contribution in [3.8, 4) is 29.2 Å². The summed E-state index contributed by atoms with van der Waals surface area (Å²) in [5.41, 5.74) is 2.70. The van der Waals surface area contributed by atoms with Crippen LogP contribution in [0.15, 0.2) is 30.6 Å². The smallest absolute Gasteiger partial charge is 0.384 e. The van der Waals surface area contributed by atoms with Crippen molar-refractivity contribution in [1.82, 2.24) is 14.4 Å². The number of rotatable bonds is 7. The van der Waals surface area contributed by atoms with E-state index >= 15 is 0 Å². The number of nitrogens with one attached hydrogen (secondary N) is 1. The summed E-state index contributed by atoms with van der Waals surface area (Å²) in [7, 11) is 0. The fourth-order valence-corrected chi connectivity index (χ4v) is 3.85. The van der Waals surface area contributed by atoms with E-state index in [9.17, 15) is 23.2 Å². The Labute approximate surface area is 199 Å². The average molecular weight is 481 g/mol.